The van der Waals surface area contributed by atoms with Crippen LogP contribution < -0.4 is 5.32 Å². The Labute approximate surface area is 174 Å². The number of nitrogens with zero attached hydrogens (tertiary/aromatic N) is 1. The molecule has 1 aromatic heterocycles. The van der Waals surface area contributed by atoms with Gasteiger partial charge >= 0.3 is 5.97 Å². The van der Waals surface area contributed by atoms with Crippen LogP contribution in [-0.2, 0) is 33.7 Å². The molecule has 0 saturated heterocycles. The Kier molecular flexibility index (Phi) is 7.04. The molecule has 2 aromatic rings. The minimum Gasteiger partial charge on any atom is -0.452 e. The Hall–Kier alpha value is -2.67. The summed E-state index contributed by atoms with van der Waals surface area (Å²) in [6.07, 6.45) is 3.77. The molecule has 0 bridgehead atoms. The van der Waals surface area contributed by atoms with E-state index in [1.54, 1.807) is 4.90 Å². The average molecular weight is 415 g/mol. The Morgan fingerprint density at radius 2 is 1.86 bits per heavy atom. The number of aryl methyl sites for hydroxylation is 1. The zero-order valence-corrected chi connectivity index (χ0v) is 17.6. The van der Waals surface area contributed by atoms with Gasteiger partial charge in [0.1, 0.15) is 5.00 Å². The van der Waals surface area contributed by atoms with Crippen molar-refractivity contribution in [2.45, 2.75) is 46.1 Å². The summed E-state index contributed by atoms with van der Waals surface area (Å²) in [5, 5.41) is 3.28. The van der Waals surface area contributed by atoms with E-state index in [1.807, 2.05) is 37.3 Å². The molecule has 0 radical (unpaired) electrons. The molecule has 1 aromatic carbocycles. The van der Waals surface area contributed by atoms with Crippen molar-refractivity contribution in [3.8, 4) is 0 Å². The lowest BCUT2D eigenvalue weighted by Crippen LogP contribution is -2.34. The number of esters is 1. The molecule has 1 N–H and O–H groups in total. The number of hydrogen-bond acceptors (Lipinski definition) is 5. The van der Waals surface area contributed by atoms with Gasteiger partial charge in [-0.25, -0.2) is 4.79 Å². The van der Waals surface area contributed by atoms with Crippen molar-refractivity contribution in [2.24, 2.45) is 0 Å². The molecule has 1 heterocycles. The zero-order chi connectivity index (χ0) is 20.8. The van der Waals surface area contributed by atoms with Gasteiger partial charge in [-0.05, 0) is 43.7 Å². The molecular formula is C22H26N2O4S. The largest absolute Gasteiger partial charge is 0.452 e. The maximum absolute atomic E-state index is 12.8. The van der Waals surface area contributed by atoms with E-state index < -0.39 is 5.97 Å². The predicted octanol–water partition coefficient (Wildman–Crippen LogP) is 3.79. The Balaban J connectivity index is 1.69. The standard InChI is InChI=1S/C22H26N2O4S/c1-3-24(13-16-9-5-4-6-10-16)19(26)14-28-22(27)20-17-11-7-8-12-18(17)29-21(20)23-15(2)25/h4-6,9-10H,3,7-8,11-14H2,1-2H3,(H,23,25). The highest BCUT2D eigenvalue weighted by Crippen LogP contribution is 2.38. The lowest BCUT2D eigenvalue weighted by Gasteiger charge is -2.21. The van der Waals surface area contributed by atoms with Crippen molar-refractivity contribution in [3.05, 3.63) is 51.9 Å². The number of amides is 2. The van der Waals surface area contributed by atoms with Gasteiger partial charge in [0.25, 0.3) is 5.91 Å². The quantitative estimate of drug-likeness (QED) is 0.700. The van der Waals surface area contributed by atoms with Gasteiger partial charge in [-0.3, -0.25) is 9.59 Å². The number of ether oxygens (including phenoxy) is 1. The molecule has 0 aliphatic heterocycles. The molecule has 1 aliphatic rings. The average Bonchev–Trinajstić information content (AvgIpc) is 3.07. The number of carbonyl (C=O) groups is 3. The highest BCUT2D eigenvalue weighted by Gasteiger charge is 2.27. The van der Waals surface area contributed by atoms with Crippen molar-refractivity contribution in [2.75, 3.05) is 18.5 Å². The summed E-state index contributed by atoms with van der Waals surface area (Å²) in [4.78, 5) is 39.7. The molecule has 0 atom stereocenters. The molecule has 0 saturated carbocycles. The molecule has 154 valence electrons. The Morgan fingerprint density at radius 3 is 2.55 bits per heavy atom. The molecule has 1 aliphatic carbocycles. The van der Waals surface area contributed by atoms with E-state index in [0.29, 0.717) is 23.7 Å². The lowest BCUT2D eigenvalue weighted by atomic mass is 9.95. The van der Waals surface area contributed by atoms with Crippen LogP contribution in [-0.4, -0.2) is 35.8 Å². The lowest BCUT2D eigenvalue weighted by molar-refractivity contribution is -0.135. The number of thiophene rings is 1. The third kappa shape index (κ3) is 5.23. The van der Waals surface area contributed by atoms with E-state index in [9.17, 15) is 14.4 Å². The highest BCUT2D eigenvalue weighted by atomic mass is 32.1. The molecule has 29 heavy (non-hydrogen) atoms. The number of benzene rings is 1. The van der Waals surface area contributed by atoms with Crippen LogP contribution in [0.3, 0.4) is 0 Å². The van der Waals surface area contributed by atoms with Crippen molar-refractivity contribution in [1.29, 1.82) is 0 Å². The summed E-state index contributed by atoms with van der Waals surface area (Å²) in [6.45, 7) is 3.99. The number of anilines is 1. The fourth-order valence-electron chi connectivity index (χ4n) is 3.50. The van der Waals surface area contributed by atoms with Gasteiger partial charge in [0.2, 0.25) is 5.91 Å². The van der Waals surface area contributed by atoms with Gasteiger partial charge < -0.3 is 15.0 Å². The van der Waals surface area contributed by atoms with Gasteiger partial charge in [0, 0.05) is 24.9 Å². The molecule has 0 fully saturated rings. The first-order chi connectivity index (χ1) is 14.0. The molecule has 0 spiro atoms. The minimum absolute atomic E-state index is 0.228. The van der Waals surface area contributed by atoms with E-state index in [-0.39, 0.29) is 18.4 Å². The molecule has 3 rings (SSSR count). The number of likely N-dealkylation sites (N-methyl/N-ethyl adjacent to an activating group) is 1. The summed E-state index contributed by atoms with van der Waals surface area (Å²) in [7, 11) is 0. The van der Waals surface area contributed by atoms with Gasteiger partial charge in [-0.1, -0.05) is 30.3 Å². The fraction of sp³-hybridized carbons (Fsp3) is 0.409. The van der Waals surface area contributed by atoms with Gasteiger partial charge in [0.15, 0.2) is 6.61 Å². The monoisotopic (exact) mass is 414 g/mol. The second kappa shape index (κ2) is 9.69. The molecule has 6 nitrogen and oxygen atoms in total. The first-order valence-electron chi connectivity index (χ1n) is 9.90. The number of carbonyl (C=O) groups excluding carboxylic acids is 3. The topological polar surface area (TPSA) is 75.7 Å². The van der Waals surface area contributed by atoms with Gasteiger partial charge in [0.05, 0.1) is 5.56 Å². The van der Waals surface area contributed by atoms with Crippen LogP contribution >= 0.6 is 11.3 Å². The Morgan fingerprint density at radius 1 is 1.14 bits per heavy atom. The Bertz CT molecular complexity index is 892. The first kappa shape index (κ1) is 21.0. The van der Waals surface area contributed by atoms with Crippen molar-refractivity contribution in [3.63, 3.8) is 0 Å². The fourth-order valence-corrected chi connectivity index (χ4v) is 4.82. The van der Waals surface area contributed by atoms with Crippen molar-refractivity contribution in [1.82, 2.24) is 4.90 Å². The van der Waals surface area contributed by atoms with E-state index in [0.717, 1.165) is 41.7 Å². The van der Waals surface area contributed by atoms with Crippen molar-refractivity contribution >= 4 is 34.1 Å². The normalized spacial score (nSPS) is 12.8. The predicted molar refractivity (Wildman–Crippen MR) is 113 cm³/mol. The molecular weight excluding hydrogens is 388 g/mol. The van der Waals surface area contributed by atoms with Crippen LogP contribution in [0.15, 0.2) is 30.3 Å². The second-order valence-electron chi connectivity index (χ2n) is 7.07. The van der Waals surface area contributed by atoms with Crippen LogP contribution in [0.4, 0.5) is 5.00 Å². The molecule has 0 unspecified atom stereocenters. The SMILES string of the molecule is CCN(Cc1ccccc1)C(=O)COC(=O)c1c(NC(C)=O)sc2c1CCCC2. The molecule has 2 amide bonds. The summed E-state index contributed by atoms with van der Waals surface area (Å²) < 4.78 is 5.38. The van der Waals surface area contributed by atoms with Gasteiger partial charge in [-0.15, -0.1) is 11.3 Å². The van der Waals surface area contributed by atoms with E-state index in [2.05, 4.69) is 5.32 Å². The summed E-state index contributed by atoms with van der Waals surface area (Å²) in [6, 6.07) is 9.70. The van der Waals surface area contributed by atoms with Crippen LogP contribution in [0.2, 0.25) is 0 Å². The third-order valence-corrected chi connectivity index (χ3v) is 6.15. The third-order valence-electron chi connectivity index (χ3n) is 4.94. The van der Waals surface area contributed by atoms with E-state index in [1.165, 1.54) is 18.3 Å². The highest BCUT2D eigenvalue weighted by molar-refractivity contribution is 7.17. The maximum Gasteiger partial charge on any atom is 0.341 e. The van der Waals surface area contributed by atoms with Crippen LogP contribution in [0.5, 0.6) is 0 Å². The second-order valence-corrected chi connectivity index (χ2v) is 8.17. The van der Waals surface area contributed by atoms with E-state index >= 15 is 0 Å². The number of hydrogen-bond donors (Lipinski definition) is 1. The first-order valence-corrected chi connectivity index (χ1v) is 10.7. The van der Waals surface area contributed by atoms with Crippen molar-refractivity contribution < 1.29 is 19.1 Å². The van der Waals surface area contributed by atoms with E-state index in [4.69, 9.17) is 4.74 Å². The van der Waals surface area contributed by atoms with Gasteiger partial charge in [-0.2, -0.15) is 0 Å². The number of nitrogens with one attached hydrogen (secondary N) is 1. The van der Waals surface area contributed by atoms with Crippen LogP contribution in [0, 0.1) is 0 Å². The number of rotatable bonds is 7. The summed E-state index contributed by atoms with van der Waals surface area (Å²) in [5.74, 6) is -1.01. The smallest absolute Gasteiger partial charge is 0.341 e. The summed E-state index contributed by atoms with van der Waals surface area (Å²) >= 11 is 1.44. The zero-order valence-electron chi connectivity index (χ0n) is 16.8. The van der Waals surface area contributed by atoms with Crippen LogP contribution in [0.1, 0.15) is 53.1 Å². The maximum atomic E-state index is 12.8. The molecule has 7 heteroatoms. The number of fused-ring (bicyclic) bond motifs is 1. The minimum atomic E-state index is -0.544. The van der Waals surface area contributed by atoms with Crippen LogP contribution in [0.25, 0.3) is 0 Å². The summed E-state index contributed by atoms with van der Waals surface area (Å²) in [5.41, 5.74) is 2.40.